The SMILES string of the molecule is Cc1csc(CC2(CCl)CCOCC2)n1. The zero-order valence-corrected chi connectivity index (χ0v) is 10.5. The summed E-state index contributed by atoms with van der Waals surface area (Å²) in [6.45, 7) is 3.73. The van der Waals surface area contributed by atoms with E-state index in [-0.39, 0.29) is 5.41 Å². The molecule has 2 nitrogen and oxygen atoms in total. The molecule has 0 unspecified atom stereocenters. The maximum atomic E-state index is 6.12. The Morgan fingerprint density at radius 2 is 2.27 bits per heavy atom. The van der Waals surface area contributed by atoms with Gasteiger partial charge in [-0.2, -0.15) is 0 Å². The van der Waals surface area contributed by atoms with Gasteiger partial charge in [-0.1, -0.05) is 0 Å². The Hall–Kier alpha value is -0.120. The normalized spacial score (nSPS) is 20.4. The second kappa shape index (κ2) is 4.81. The Balaban J connectivity index is 2.06. The van der Waals surface area contributed by atoms with E-state index >= 15 is 0 Å². The van der Waals surface area contributed by atoms with Crippen LogP contribution in [0.5, 0.6) is 0 Å². The van der Waals surface area contributed by atoms with Crippen molar-refractivity contribution in [1.29, 1.82) is 0 Å². The molecular weight excluding hydrogens is 230 g/mol. The third-order valence-electron chi connectivity index (χ3n) is 3.03. The number of thiazole rings is 1. The second-order valence-electron chi connectivity index (χ2n) is 4.31. The molecule has 1 aliphatic heterocycles. The molecule has 0 spiro atoms. The summed E-state index contributed by atoms with van der Waals surface area (Å²) < 4.78 is 5.39. The largest absolute Gasteiger partial charge is 0.381 e. The van der Waals surface area contributed by atoms with E-state index in [1.165, 1.54) is 5.01 Å². The molecule has 0 N–H and O–H groups in total. The van der Waals surface area contributed by atoms with Crippen LogP contribution in [0.4, 0.5) is 0 Å². The predicted molar refractivity (Wildman–Crippen MR) is 63.8 cm³/mol. The standard InChI is InChI=1S/C11H16ClNOS/c1-9-7-15-10(13-9)6-11(8-12)2-4-14-5-3-11/h7H,2-6,8H2,1H3. The Morgan fingerprint density at radius 1 is 1.53 bits per heavy atom. The minimum absolute atomic E-state index is 0.226. The number of halogens is 1. The smallest absolute Gasteiger partial charge is 0.0934 e. The number of alkyl halides is 1. The number of rotatable bonds is 3. The van der Waals surface area contributed by atoms with Crippen LogP contribution >= 0.6 is 22.9 Å². The lowest BCUT2D eigenvalue weighted by Gasteiger charge is -2.34. The number of hydrogen-bond acceptors (Lipinski definition) is 3. The minimum atomic E-state index is 0.226. The van der Waals surface area contributed by atoms with Crippen molar-refractivity contribution in [2.24, 2.45) is 5.41 Å². The fraction of sp³-hybridized carbons (Fsp3) is 0.727. The maximum absolute atomic E-state index is 6.12. The van der Waals surface area contributed by atoms with E-state index in [1.807, 2.05) is 6.92 Å². The molecule has 0 aliphatic carbocycles. The van der Waals surface area contributed by atoms with Gasteiger partial charge in [0.1, 0.15) is 0 Å². The van der Waals surface area contributed by atoms with Gasteiger partial charge in [0, 0.05) is 36.6 Å². The van der Waals surface area contributed by atoms with Crippen molar-refractivity contribution in [1.82, 2.24) is 4.98 Å². The quantitative estimate of drug-likeness (QED) is 0.764. The Morgan fingerprint density at radius 3 is 2.80 bits per heavy atom. The van der Waals surface area contributed by atoms with Gasteiger partial charge < -0.3 is 4.74 Å². The van der Waals surface area contributed by atoms with Crippen LogP contribution in [-0.2, 0) is 11.2 Å². The summed E-state index contributed by atoms with van der Waals surface area (Å²) in [5.41, 5.74) is 1.34. The molecule has 1 aromatic heterocycles. The molecule has 15 heavy (non-hydrogen) atoms. The third-order valence-corrected chi connectivity index (χ3v) is 4.56. The fourth-order valence-corrected chi connectivity index (χ4v) is 3.27. The predicted octanol–water partition coefficient (Wildman–Crippen LogP) is 3.03. The first-order chi connectivity index (χ1) is 7.24. The highest BCUT2D eigenvalue weighted by molar-refractivity contribution is 7.09. The van der Waals surface area contributed by atoms with Crippen LogP contribution in [0.3, 0.4) is 0 Å². The monoisotopic (exact) mass is 245 g/mol. The van der Waals surface area contributed by atoms with Gasteiger partial charge in [0.2, 0.25) is 0 Å². The molecule has 1 aliphatic rings. The van der Waals surface area contributed by atoms with Crippen LogP contribution in [0.15, 0.2) is 5.38 Å². The number of ether oxygens (including phenoxy) is 1. The average molecular weight is 246 g/mol. The molecule has 0 saturated carbocycles. The molecule has 84 valence electrons. The van der Waals surface area contributed by atoms with E-state index in [2.05, 4.69) is 10.4 Å². The van der Waals surface area contributed by atoms with Crippen molar-refractivity contribution < 1.29 is 4.74 Å². The number of nitrogens with zero attached hydrogens (tertiary/aromatic N) is 1. The molecule has 0 aromatic carbocycles. The molecule has 2 rings (SSSR count). The van der Waals surface area contributed by atoms with E-state index in [0.717, 1.165) is 44.1 Å². The van der Waals surface area contributed by atoms with Crippen LogP contribution in [0.25, 0.3) is 0 Å². The molecule has 4 heteroatoms. The van der Waals surface area contributed by atoms with Crippen molar-refractivity contribution in [3.63, 3.8) is 0 Å². The summed E-state index contributed by atoms with van der Waals surface area (Å²) in [6.07, 6.45) is 3.14. The summed E-state index contributed by atoms with van der Waals surface area (Å²) in [7, 11) is 0. The first kappa shape index (κ1) is 11.4. The molecular formula is C11H16ClNOS. The highest BCUT2D eigenvalue weighted by Crippen LogP contribution is 2.36. The van der Waals surface area contributed by atoms with Gasteiger partial charge in [-0.05, 0) is 25.2 Å². The molecule has 1 saturated heterocycles. The molecule has 1 fully saturated rings. The van der Waals surface area contributed by atoms with Crippen molar-refractivity contribution in [3.05, 3.63) is 16.1 Å². The zero-order valence-electron chi connectivity index (χ0n) is 8.96. The first-order valence-electron chi connectivity index (χ1n) is 5.29. The highest BCUT2D eigenvalue weighted by Gasteiger charge is 2.32. The molecule has 0 amide bonds. The van der Waals surface area contributed by atoms with Gasteiger partial charge in [-0.25, -0.2) is 4.98 Å². The molecule has 0 radical (unpaired) electrons. The van der Waals surface area contributed by atoms with E-state index in [4.69, 9.17) is 16.3 Å². The van der Waals surface area contributed by atoms with Gasteiger partial charge in [0.25, 0.3) is 0 Å². The summed E-state index contributed by atoms with van der Waals surface area (Å²) in [6, 6.07) is 0. The Labute approximate surface area is 99.6 Å². The van der Waals surface area contributed by atoms with Crippen LogP contribution < -0.4 is 0 Å². The van der Waals surface area contributed by atoms with Crippen LogP contribution in [-0.4, -0.2) is 24.1 Å². The van der Waals surface area contributed by atoms with Gasteiger partial charge in [0.05, 0.1) is 5.01 Å². The van der Waals surface area contributed by atoms with Crippen LogP contribution in [0, 0.1) is 12.3 Å². The fourth-order valence-electron chi connectivity index (χ4n) is 1.97. The average Bonchev–Trinajstić information content (AvgIpc) is 2.65. The van der Waals surface area contributed by atoms with Crippen molar-refractivity contribution in [2.75, 3.05) is 19.1 Å². The summed E-state index contributed by atoms with van der Waals surface area (Å²) in [5, 5.41) is 3.33. The van der Waals surface area contributed by atoms with E-state index in [1.54, 1.807) is 11.3 Å². The van der Waals surface area contributed by atoms with Crippen molar-refractivity contribution in [2.45, 2.75) is 26.2 Å². The summed E-state index contributed by atoms with van der Waals surface area (Å²) in [4.78, 5) is 4.52. The zero-order chi connectivity index (χ0) is 10.7. The second-order valence-corrected chi connectivity index (χ2v) is 5.52. The third kappa shape index (κ3) is 2.71. The summed E-state index contributed by atoms with van der Waals surface area (Å²) in [5.74, 6) is 0.717. The number of hydrogen-bond donors (Lipinski definition) is 0. The maximum Gasteiger partial charge on any atom is 0.0934 e. The van der Waals surface area contributed by atoms with E-state index in [0.29, 0.717) is 0 Å². The molecule has 2 heterocycles. The van der Waals surface area contributed by atoms with Crippen LogP contribution in [0.2, 0.25) is 0 Å². The van der Waals surface area contributed by atoms with Gasteiger partial charge >= 0.3 is 0 Å². The van der Waals surface area contributed by atoms with Gasteiger partial charge in [-0.3, -0.25) is 0 Å². The minimum Gasteiger partial charge on any atom is -0.381 e. The van der Waals surface area contributed by atoms with E-state index in [9.17, 15) is 0 Å². The van der Waals surface area contributed by atoms with Gasteiger partial charge in [0.15, 0.2) is 0 Å². The summed E-state index contributed by atoms with van der Waals surface area (Å²) >= 11 is 7.86. The highest BCUT2D eigenvalue weighted by atomic mass is 35.5. The van der Waals surface area contributed by atoms with Crippen molar-refractivity contribution >= 4 is 22.9 Å². The lowest BCUT2D eigenvalue weighted by molar-refractivity contribution is 0.0257. The first-order valence-corrected chi connectivity index (χ1v) is 6.70. The Bertz CT molecular complexity index is 320. The van der Waals surface area contributed by atoms with Crippen LogP contribution in [0.1, 0.15) is 23.5 Å². The molecule has 1 aromatic rings. The van der Waals surface area contributed by atoms with Gasteiger partial charge in [-0.15, -0.1) is 22.9 Å². The number of aryl methyl sites for hydroxylation is 1. The van der Waals surface area contributed by atoms with Crippen molar-refractivity contribution in [3.8, 4) is 0 Å². The molecule has 0 atom stereocenters. The molecule has 0 bridgehead atoms. The Kier molecular flexibility index (Phi) is 3.65. The lowest BCUT2D eigenvalue weighted by Crippen LogP contribution is -2.33. The lowest BCUT2D eigenvalue weighted by atomic mass is 9.79. The van der Waals surface area contributed by atoms with E-state index < -0.39 is 0 Å². The number of aromatic nitrogens is 1. The topological polar surface area (TPSA) is 22.1 Å².